The van der Waals surface area contributed by atoms with Crippen LogP contribution in [0.5, 0.6) is 0 Å². The lowest BCUT2D eigenvalue weighted by molar-refractivity contribution is -0.195. The first-order chi connectivity index (χ1) is 3.85. The van der Waals surface area contributed by atoms with Crippen molar-refractivity contribution in [2.24, 2.45) is 5.92 Å². The average Bonchev–Trinajstić information content (AvgIpc) is 1.62. The highest BCUT2D eigenvalue weighted by Gasteiger charge is 2.30. The molecule has 0 aromatic heterocycles. The molecule has 4 heteroatoms. The number of carboxylic acids is 1. The highest BCUT2D eigenvalue weighted by molar-refractivity contribution is 5.70. The van der Waals surface area contributed by atoms with Crippen molar-refractivity contribution in [1.82, 2.24) is 0 Å². The van der Waals surface area contributed by atoms with E-state index >= 15 is 0 Å². The number of carbonyl (C=O) groups is 1. The number of aliphatic hydroxyl groups is 2. The molecule has 0 aromatic carbocycles. The Balaban J connectivity index is 4.04. The minimum absolute atomic E-state index is 1.03. The molecule has 0 aromatic rings. The van der Waals surface area contributed by atoms with Crippen LogP contribution in [0.3, 0.4) is 0 Å². The Bertz CT molecular complexity index is 113. The van der Waals surface area contributed by atoms with Crippen molar-refractivity contribution in [2.75, 3.05) is 0 Å². The van der Waals surface area contributed by atoms with Gasteiger partial charge in [0.15, 0.2) is 5.79 Å². The first-order valence-corrected chi connectivity index (χ1v) is 2.53. The Morgan fingerprint density at radius 1 is 1.56 bits per heavy atom. The maximum absolute atomic E-state index is 10.0. The second-order valence-electron chi connectivity index (χ2n) is 2.15. The minimum atomic E-state index is -2.12. The maximum atomic E-state index is 10.0. The van der Waals surface area contributed by atoms with E-state index in [1.54, 1.807) is 0 Å². The Kier molecular flexibility index (Phi) is 2.17. The van der Waals surface area contributed by atoms with Crippen molar-refractivity contribution < 1.29 is 20.1 Å². The number of hydrogen-bond donors (Lipinski definition) is 3. The van der Waals surface area contributed by atoms with Crippen LogP contribution in [0.25, 0.3) is 0 Å². The van der Waals surface area contributed by atoms with Crippen molar-refractivity contribution in [3.63, 3.8) is 0 Å². The van der Waals surface area contributed by atoms with Crippen LogP contribution in [-0.4, -0.2) is 27.1 Å². The van der Waals surface area contributed by atoms with Crippen molar-refractivity contribution in [2.45, 2.75) is 19.6 Å². The zero-order chi connectivity index (χ0) is 7.65. The van der Waals surface area contributed by atoms with Crippen molar-refractivity contribution in [1.29, 1.82) is 0 Å². The lowest BCUT2D eigenvalue weighted by atomic mass is 10.0. The van der Waals surface area contributed by atoms with E-state index in [2.05, 4.69) is 0 Å². The monoisotopic (exact) mass is 134 g/mol. The molecule has 0 aliphatic heterocycles. The van der Waals surface area contributed by atoms with E-state index in [1.165, 1.54) is 6.92 Å². The summed E-state index contributed by atoms with van der Waals surface area (Å²) < 4.78 is 0. The predicted octanol–water partition coefficient (Wildman–Crippen LogP) is -0.592. The third kappa shape index (κ3) is 2.43. The minimum Gasteiger partial charge on any atom is -0.481 e. The number of carboxylic acid groups (broad SMARTS) is 1. The van der Waals surface area contributed by atoms with Crippen LogP contribution < -0.4 is 0 Å². The molecule has 0 heterocycles. The molecule has 0 saturated heterocycles. The Morgan fingerprint density at radius 2 is 1.89 bits per heavy atom. The summed E-state index contributed by atoms with van der Waals surface area (Å²) in [6.07, 6.45) is 0. The normalized spacial score (nSPS) is 15.1. The Hall–Kier alpha value is -0.610. The second-order valence-corrected chi connectivity index (χ2v) is 2.15. The van der Waals surface area contributed by atoms with Gasteiger partial charge in [0, 0.05) is 0 Å². The second kappa shape index (κ2) is 2.33. The topological polar surface area (TPSA) is 77.8 Å². The first kappa shape index (κ1) is 8.39. The SMILES string of the molecule is CC(C(=O)O)C(C)(O)O. The molecular formula is C5H10O4. The van der Waals surface area contributed by atoms with Crippen molar-refractivity contribution >= 4 is 5.97 Å². The summed E-state index contributed by atoms with van der Waals surface area (Å²) in [6.45, 7) is 2.26. The van der Waals surface area contributed by atoms with Gasteiger partial charge in [-0.2, -0.15) is 0 Å². The summed E-state index contributed by atoms with van der Waals surface area (Å²) >= 11 is 0. The van der Waals surface area contributed by atoms with Gasteiger partial charge < -0.3 is 15.3 Å². The highest BCUT2D eigenvalue weighted by atomic mass is 16.5. The number of rotatable bonds is 2. The van der Waals surface area contributed by atoms with E-state index in [0.717, 1.165) is 6.92 Å². The lowest BCUT2D eigenvalue weighted by Crippen LogP contribution is -2.37. The molecule has 9 heavy (non-hydrogen) atoms. The fourth-order valence-corrected chi connectivity index (χ4v) is 0.234. The molecule has 4 nitrogen and oxygen atoms in total. The van der Waals surface area contributed by atoms with Crippen molar-refractivity contribution in [3.05, 3.63) is 0 Å². The molecule has 0 saturated carbocycles. The molecule has 0 aliphatic carbocycles. The summed E-state index contributed by atoms with van der Waals surface area (Å²) in [7, 11) is 0. The van der Waals surface area contributed by atoms with Crippen molar-refractivity contribution in [3.8, 4) is 0 Å². The number of hydrogen-bond acceptors (Lipinski definition) is 3. The summed E-state index contributed by atoms with van der Waals surface area (Å²) in [6, 6.07) is 0. The van der Waals surface area contributed by atoms with E-state index in [4.69, 9.17) is 15.3 Å². The zero-order valence-electron chi connectivity index (χ0n) is 5.33. The van der Waals surface area contributed by atoms with Crippen LogP contribution in [0.2, 0.25) is 0 Å². The van der Waals surface area contributed by atoms with Gasteiger partial charge in [0.25, 0.3) is 0 Å². The highest BCUT2D eigenvalue weighted by Crippen LogP contribution is 2.11. The zero-order valence-corrected chi connectivity index (χ0v) is 5.33. The smallest absolute Gasteiger partial charge is 0.311 e. The molecule has 0 fully saturated rings. The fraction of sp³-hybridized carbons (Fsp3) is 0.800. The van der Waals surface area contributed by atoms with E-state index in [-0.39, 0.29) is 0 Å². The first-order valence-electron chi connectivity index (χ1n) is 2.53. The van der Waals surface area contributed by atoms with Crippen LogP contribution in [0, 0.1) is 5.92 Å². The van der Waals surface area contributed by atoms with Gasteiger partial charge in [-0.25, -0.2) is 0 Å². The Labute approximate surface area is 52.7 Å². The van der Waals surface area contributed by atoms with Gasteiger partial charge in [-0.05, 0) is 13.8 Å². The molecule has 1 atom stereocenters. The van der Waals surface area contributed by atoms with Gasteiger partial charge in [-0.15, -0.1) is 0 Å². The molecular weight excluding hydrogens is 124 g/mol. The molecule has 0 radical (unpaired) electrons. The van der Waals surface area contributed by atoms with Gasteiger partial charge in [0.05, 0.1) is 0 Å². The van der Waals surface area contributed by atoms with Gasteiger partial charge >= 0.3 is 5.97 Å². The average molecular weight is 134 g/mol. The largest absolute Gasteiger partial charge is 0.481 e. The summed E-state index contributed by atoms with van der Waals surface area (Å²) in [5.41, 5.74) is 0. The van der Waals surface area contributed by atoms with Gasteiger partial charge in [0.2, 0.25) is 0 Å². The van der Waals surface area contributed by atoms with Gasteiger partial charge in [-0.3, -0.25) is 4.79 Å². The van der Waals surface area contributed by atoms with E-state index < -0.39 is 17.7 Å². The third-order valence-electron chi connectivity index (χ3n) is 1.19. The van der Waals surface area contributed by atoms with E-state index in [0.29, 0.717) is 0 Å². The summed E-state index contributed by atoms with van der Waals surface area (Å²) in [5, 5.41) is 25.5. The van der Waals surface area contributed by atoms with Crippen LogP contribution in [0.15, 0.2) is 0 Å². The number of aliphatic carboxylic acids is 1. The lowest BCUT2D eigenvalue weighted by Gasteiger charge is -2.19. The molecule has 1 unspecified atom stereocenters. The molecule has 0 amide bonds. The molecule has 54 valence electrons. The van der Waals surface area contributed by atoms with Crippen LogP contribution in [0.4, 0.5) is 0 Å². The summed E-state index contributed by atoms with van der Waals surface area (Å²) in [4.78, 5) is 10.0. The molecule has 0 spiro atoms. The summed E-state index contributed by atoms with van der Waals surface area (Å²) in [5.74, 6) is -4.49. The van der Waals surface area contributed by atoms with Gasteiger partial charge in [0.1, 0.15) is 5.92 Å². The molecule has 0 rings (SSSR count). The molecule has 0 aliphatic rings. The quantitative estimate of drug-likeness (QED) is 0.441. The predicted molar refractivity (Wildman–Crippen MR) is 29.6 cm³/mol. The van der Waals surface area contributed by atoms with Crippen LogP contribution >= 0.6 is 0 Å². The molecule has 3 N–H and O–H groups in total. The van der Waals surface area contributed by atoms with E-state index in [9.17, 15) is 4.79 Å². The van der Waals surface area contributed by atoms with E-state index in [1.807, 2.05) is 0 Å². The Morgan fingerprint density at radius 3 is 1.89 bits per heavy atom. The van der Waals surface area contributed by atoms with Crippen LogP contribution in [-0.2, 0) is 4.79 Å². The third-order valence-corrected chi connectivity index (χ3v) is 1.19. The van der Waals surface area contributed by atoms with Crippen LogP contribution in [0.1, 0.15) is 13.8 Å². The standard InChI is InChI=1S/C5H10O4/c1-3(4(6)7)5(2,8)9/h3,8-9H,1-2H3,(H,6,7). The molecule has 0 bridgehead atoms. The van der Waals surface area contributed by atoms with Gasteiger partial charge in [-0.1, -0.05) is 0 Å². The maximum Gasteiger partial charge on any atom is 0.311 e. The fourth-order valence-electron chi connectivity index (χ4n) is 0.234.